The Morgan fingerprint density at radius 3 is 2.36 bits per heavy atom. The molecule has 0 saturated carbocycles. The van der Waals surface area contributed by atoms with Gasteiger partial charge in [0.15, 0.2) is 0 Å². The standard InChI is InChI=1S/C33H31N3O6S.ClH/c1-41-23-13-15-24(16-14-23)43(39,40)36-29-19-28(31-25-9-3-2-7-21(25)12-17-30(31)37)32(27-11-5-4-10-26(27)29)42-33(38)35-20-22-8-6-18-34-22;/h2-5,7,9-17,19,22,34,36-37H,6,8,18,20H2,1H3,(H,35,38);1H/t22-;/m1./s1. The van der Waals surface area contributed by atoms with Gasteiger partial charge in [-0.1, -0.05) is 54.6 Å². The predicted octanol–water partition coefficient (Wildman–Crippen LogP) is 6.44. The fourth-order valence-electron chi connectivity index (χ4n) is 5.50. The van der Waals surface area contributed by atoms with Crippen molar-refractivity contribution < 1.29 is 27.8 Å². The van der Waals surface area contributed by atoms with Crippen molar-refractivity contribution in [1.82, 2.24) is 10.6 Å². The van der Waals surface area contributed by atoms with Crippen LogP contribution in [0.15, 0.2) is 95.9 Å². The number of amides is 1. The minimum absolute atomic E-state index is 0. The molecule has 0 spiro atoms. The third kappa shape index (κ3) is 6.23. The van der Waals surface area contributed by atoms with Crippen molar-refractivity contribution in [3.8, 4) is 28.4 Å². The number of benzene rings is 5. The van der Waals surface area contributed by atoms with Crippen molar-refractivity contribution in [2.24, 2.45) is 0 Å². The topological polar surface area (TPSA) is 126 Å². The number of aromatic hydroxyl groups is 1. The number of phenolic OH excluding ortho intramolecular Hbond substituents is 1. The maximum absolute atomic E-state index is 13.5. The summed E-state index contributed by atoms with van der Waals surface area (Å²) in [6.45, 7) is 1.32. The molecule has 0 bridgehead atoms. The largest absolute Gasteiger partial charge is 0.507 e. The van der Waals surface area contributed by atoms with Gasteiger partial charge in [-0.05, 0) is 66.6 Å². The number of hydrogen-bond acceptors (Lipinski definition) is 7. The first-order chi connectivity index (χ1) is 20.8. The monoisotopic (exact) mass is 633 g/mol. The summed E-state index contributed by atoms with van der Waals surface area (Å²) in [5.74, 6) is 0.687. The van der Waals surface area contributed by atoms with Crippen LogP contribution < -0.4 is 24.8 Å². The minimum Gasteiger partial charge on any atom is -0.507 e. The van der Waals surface area contributed by atoms with E-state index in [4.69, 9.17) is 9.47 Å². The van der Waals surface area contributed by atoms with E-state index < -0.39 is 16.1 Å². The van der Waals surface area contributed by atoms with E-state index in [1.165, 1.54) is 19.2 Å². The van der Waals surface area contributed by atoms with Crippen molar-refractivity contribution >= 4 is 55.8 Å². The molecule has 11 heteroatoms. The first kappa shape index (κ1) is 30.9. The molecule has 0 unspecified atom stereocenters. The maximum Gasteiger partial charge on any atom is 0.412 e. The summed E-state index contributed by atoms with van der Waals surface area (Å²) in [6, 6.07) is 25.8. The summed E-state index contributed by atoms with van der Waals surface area (Å²) in [7, 11) is -2.52. The van der Waals surface area contributed by atoms with Gasteiger partial charge in [-0.15, -0.1) is 12.4 Å². The highest BCUT2D eigenvalue weighted by Crippen LogP contribution is 2.47. The van der Waals surface area contributed by atoms with Crippen LogP contribution in [0.3, 0.4) is 0 Å². The third-order valence-corrected chi connectivity index (χ3v) is 9.02. The zero-order chi connectivity index (χ0) is 30.0. The van der Waals surface area contributed by atoms with Crippen LogP contribution in [0, 0.1) is 0 Å². The Morgan fingerprint density at radius 2 is 1.66 bits per heavy atom. The number of carbonyl (C=O) groups is 1. The van der Waals surface area contributed by atoms with E-state index in [1.54, 1.807) is 54.6 Å². The highest BCUT2D eigenvalue weighted by atomic mass is 35.5. The molecule has 5 aromatic rings. The molecule has 228 valence electrons. The zero-order valence-corrected chi connectivity index (χ0v) is 25.5. The van der Waals surface area contributed by atoms with Crippen LogP contribution in [0.25, 0.3) is 32.7 Å². The lowest BCUT2D eigenvalue weighted by Crippen LogP contribution is -2.38. The van der Waals surface area contributed by atoms with E-state index in [2.05, 4.69) is 15.4 Å². The maximum atomic E-state index is 13.5. The van der Waals surface area contributed by atoms with E-state index in [9.17, 15) is 18.3 Å². The fourth-order valence-corrected chi connectivity index (χ4v) is 6.57. The third-order valence-electron chi connectivity index (χ3n) is 7.64. The molecule has 1 atom stereocenters. The van der Waals surface area contributed by atoms with Crippen molar-refractivity contribution in [2.45, 2.75) is 23.8 Å². The van der Waals surface area contributed by atoms with Gasteiger partial charge in [0.1, 0.15) is 17.2 Å². The molecule has 1 saturated heterocycles. The Bertz CT molecular complexity index is 1930. The summed E-state index contributed by atoms with van der Waals surface area (Å²) in [5, 5.41) is 19.9. The van der Waals surface area contributed by atoms with Crippen LogP contribution >= 0.6 is 12.4 Å². The van der Waals surface area contributed by atoms with Gasteiger partial charge in [0, 0.05) is 34.5 Å². The second-order valence-corrected chi connectivity index (χ2v) is 12.1. The molecule has 1 aliphatic heterocycles. The Kier molecular flexibility index (Phi) is 9.14. The quantitative estimate of drug-likeness (QED) is 0.155. The molecular formula is C33H32ClN3O6S. The number of rotatable bonds is 8. The molecule has 0 radical (unpaired) electrons. The molecular weight excluding hydrogens is 602 g/mol. The van der Waals surface area contributed by atoms with E-state index >= 15 is 0 Å². The van der Waals surface area contributed by atoms with Crippen molar-refractivity contribution in [2.75, 3.05) is 24.9 Å². The lowest BCUT2D eigenvalue weighted by molar-refractivity contribution is 0.200. The molecule has 1 heterocycles. The van der Waals surface area contributed by atoms with Crippen LogP contribution in [0.4, 0.5) is 10.5 Å². The van der Waals surface area contributed by atoms with E-state index in [1.807, 2.05) is 24.3 Å². The van der Waals surface area contributed by atoms with Crippen LogP contribution in [-0.2, 0) is 10.0 Å². The number of anilines is 1. The number of carbonyl (C=O) groups excluding carboxylic acids is 1. The number of phenols is 1. The number of methoxy groups -OCH3 is 1. The van der Waals surface area contributed by atoms with E-state index in [0.29, 0.717) is 39.6 Å². The molecule has 1 fully saturated rings. The molecule has 5 aromatic carbocycles. The summed E-state index contributed by atoms with van der Waals surface area (Å²) in [4.78, 5) is 13.2. The average Bonchev–Trinajstić information content (AvgIpc) is 3.55. The van der Waals surface area contributed by atoms with E-state index in [0.717, 1.165) is 24.8 Å². The van der Waals surface area contributed by atoms with Crippen molar-refractivity contribution in [1.29, 1.82) is 0 Å². The zero-order valence-electron chi connectivity index (χ0n) is 23.9. The molecule has 44 heavy (non-hydrogen) atoms. The molecule has 0 aromatic heterocycles. The first-order valence-corrected chi connectivity index (χ1v) is 15.4. The predicted molar refractivity (Wildman–Crippen MR) is 175 cm³/mol. The van der Waals surface area contributed by atoms with Crippen LogP contribution in [0.1, 0.15) is 12.8 Å². The Morgan fingerprint density at radius 1 is 0.955 bits per heavy atom. The number of halogens is 1. The van der Waals surface area contributed by atoms with Gasteiger partial charge in [-0.25, -0.2) is 13.2 Å². The van der Waals surface area contributed by atoms with E-state index in [-0.39, 0.29) is 40.5 Å². The summed E-state index contributed by atoms with van der Waals surface area (Å²) < 4.78 is 41.0. The smallest absolute Gasteiger partial charge is 0.412 e. The molecule has 4 N–H and O–H groups in total. The summed E-state index contributed by atoms with van der Waals surface area (Å²) >= 11 is 0. The summed E-state index contributed by atoms with van der Waals surface area (Å²) in [6.07, 6.45) is 1.36. The Balaban J connectivity index is 0.00000384. The van der Waals surface area contributed by atoms with Gasteiger partial charge in [0.05, 0.1) is 17.7 Å². The number of fused-ring (bicyclic) bond motifs is 2. The van der Waals surface area contributed by atoms with Crippen LogP contribution in [0.5, 0.6) is 17.2 Å². The molecule has 6 rings (SSSR count). The molecule has 9 nitrogen and oxygen atoms in total. The van der Waals surface area contributed by atoms with Crippen LogP contribution in [-0.4, -0.2) is 45.9 Å². The SMILES string of the molecule is COc1ccc(S(=O)(=O)Nc2cc(-c3c(O)ccc4ccccc34)c(OC(=O)NC[C@H]3CCCN3)c3ccccc23)cc1.Cl. The van der Waals surface area contributed by atoms with Crippen molar-refractivity contribution in [3.05, 3.63) is 91.0 Å². The summed E-state index contributed by atoms with van der Waals surface area (Å²) in [5.41, 5.74) is 1.03. The number of hydrogen-bond donors (Lipinski definition) is 4. The molecule has 1 amide bonds. The van der Waals surface area contributed by atoms with Crippen LogP contribution in [0.2, 0.25) is 0 Å². The number of sulfonamides is 1. The minimum atomic E-state index is -4.03. The number of nitrogens with one attached hydrogen (secondary N) is 3. The lowest BCUT2D eigenvalue weighted by atomic mass is 9.93. The fraction of sp³-hybridized carbons (Fsp3) is 0.182. The normalized spacial score (nSPS) is 14.6. The van der Waals surface area contributed by atoms with Crippen molar-refractivity contribution in [3.63, 3.8) is 0 Å². The second-order valence-electron chi connectivity index (χ2n) is 10.4. The highest BCUT2D eigenvalue weighted by molar-refractivity contribution is 7.92. The molecule has 0 aliphatic carbocycles. The lowest BCUT2D eigenvalue weighted by Gasteiger charge is -2.20. The Hall–Kier alpha value is -4.51. The van der Waals surface area contributed by atoms with Gasteiger partial charge in [0.2, 0.25) is 0 Å². The van der Waals surface area contributed by atoms with Gasteiger partial charge >= 0.3 is 6.09 Å². The van der Waals surface area contributed by atoms with Gasteiger partial charge in [-0.2, -0.15) is 0 Å². The average molecular weight is 634 g/mol. The highest BCUT2D eigenvalue weighted by Gasteiger charge is 2.24. The second kappa shape index (κ2) is 13.0. The van der Waals surface area contributed by atoms with Gasteiger partial charge in [-0.3, -0.25) is 4.72 Å². The number of ether oxygens (including phenoxy) is 2. The van der Waals surface area contributed by atoms with Gasteiger partial charge < -0.3 is 25.2 Å². The Labute approximate surface area is 261 Å². The first-order valence-electron chi connectivity index (χ1n) is 14.0. The van der Waals surface area contributed by atoms with Gasteiger partial charge in [0.25, 0.3) is 10.0 Å². The molecule has 1 aliphatic rings.